The Morgan fingerprint density at radius 1 is 0.967 bits per heavy atom. The van der Waals surface area contributed by atoms with E-state index < -0.39 is 16.6 Å². The van der Waals surface area contributed by atoms with Gasteiger partial charge >= 0.3 is 6.55 Å². The molecule has 0 bridgehead atoms. The second kappa shape index (κ2) is 8.41. The lowest BCUT2D eigenvalue weighted by atomic mass is 10.2. The molecule has 6 nitrogen and oxygen atoms in total. The van der Waals surface area contributed by atoms with E-state index in [4.69, 9.17) is 0 Å². The van der Waals surface area contributed by atoms with E-state index in [0.717, 1.165) is 10.1 Å². The van der Waals surface area contributed by atoms with E-state index >= 15 is 0 Å². The van der Waals surface area contributed by atoms with Crippen LogP contribution in [0.15, 0.2) is 54.6 Å². The maximum absolute atomic E-state index is 13.8. The van der Waals surface area contributed by atoms with E-state index in [1.54, 1.807) is 36.4 Å². The number of benzene rings is 2. The van der Waals surface area contributed by atoms with Crippen LogP contribution in [-0.4, -0.2) is 53.4 Å². The fraction of sp³-hybridized carbons (Fsp3) is 0.381. The first kappa shape index (κ1) is 20.9. The Balaban J connectivity index is 1.48. The Morgan fingerprint density at radius 3 is 2.27 bits per heavy atom. The van der Waals surface area contributed by atoms with Crippen LogP contribution < -0.4 is 0 Å². The minimum absolute atomic E-state index is 0.0371. The second-order valence-corrected chi connectivity index (χ2v) is 9.43. The highest BCUT2D eigenvalue weighted by Crippen LogP contribution is 2.30. The summed E-state index contributed by atoms with van der Waals surface area (Å²) in [5.74, 6) is 0.261. The van der Waals surface area contributed by atoms with Crippen LogP contribution in [0.25, 0.3) is 11.0 Å². The van der Waals surface area contributed by atoms with Gasteiger partial charge in [0.2, 0.25) is 10.0 Å². The monoisotopic (exact) mass is 434 g/mol. The molecule has 160 valence electrons. The molecule has 0 unspecified atom stereocenters. The van der Waals surface area contributed by atoms with Gasteiger partial charge in [-0.15, -0.1) is 0 Å². The Hall–Kier alpha value is -2.36. The van der Waals surface area contributed by atoms with Crippen LogP contribution in [-0.2, 0) is 15.8 Å². The summed E-state index contributed by atoms with van der Waals surface area (Å²) in [5, 5.41) is 0. The van der Waals surface area contributed by atoms with Crippen LogP contribution in [0.3, 0.4) is 0 Å². The first-order valence-corrected chi connectivity index (χ1v) is 11.5. The predicted molar refractivity (Wildman–Crippen MR) is 112 cm³/mol. The number of hydrogen-bond acceptors (Lipinski definition) is 4. The Morgan fingerprint density at radius 2 is 1.60 bits per heavy atom. The van der Waals surface area contributed by atoms with Gasteiger partial charge in [0.25, 0.3) is 0 Å². The molecule has 30 heavy (non-hydrogen) atoms. The van der Waals surface area contributed by atoms with Crippen LogP contribution in [0.4, 0.5) is 8.78 Å². The average Bonchev–Trinajstić information content (AvgIpc) is 3.13. The van der Waals surface area contributed by atoms with Gasteiger partial charge in [-0.25, -0.2) is 13.4 Å². The van der Waals surface area contributed by atoms with E-state index in [1.165, 1.54) is 4.31 Å². The summed E-state index contributed by atoms with van der Waals surface area (Å²) >= 11 is 0. The van der Waals surface area contributed by atoms with Crippen LogP contribution in [0.5, 0.6) is 0 Å². The molecule has 1 aromatic heterocycles. The van der Waals surface area contributed by atoms with Gasteiger partial charge in [0.15, 0.2) is 0 Å². The maximum atomic E-state index is 13.8. The average molecular weight is 435 g/mol. The normalized spacial score (nSPS) is 17.6. The third kappa shape index (κ3) is 4.10. The highest BCUT2D eigenvalue weighted by Gasteiger charge is 2.32. The Bertz CT molecular complexity index is 1110. The zero-order valence-electron chi connectivity index (χ0n) is 16.7. The van der Waals surface area contributed by atoms with Gasteiger partial charge in [-0.1, -0.05) is 42.5 Å². The zero-order valence-corrected chi connectivity index (χ0v) is 17.5. The molecule has 4 rings (SSSR count). The molecule has 1 aliphatic heterocycles. The van der Waals surface area contributed by atoms with E-state index in [2.05, 4.69) is 4.98 Å². The van der Waals surface area contributed by atoms with Gasteiger partial charge in [0.1, 0.15) is 5.82 Å². The molecular formula is C21H24F2N4O2S. The number of hydrogen-bond donors (Lipinski definition) is 0. The predicted octanol–water partition coefficient (Wildman–Crippen LogP) is 3.64. The van der Waals surface area contributed by atoms with Crippen molar-refractivity contribution in [3.63, 3.8) is 0 Å². The molecule has 1 atom stereocenters. The lowest BCUT2D eigenvalue weighted by molar-refractivity contribution is 0.0616. The van der Waals surface area contributed by atoms with Gasteiger partial charge in [0.05, 0.1) is 22.8 Å². The standard InChI is InChI=1S/C21H24F2N4O2S/c1-16(20-24-18-9-5-6-10-19(18)27(20)21(22)23)25-11-13-26(14-12-25)30(28,29)15-17-7-3-2-4-8-17/h2-10,16,21H,11-15H2,1H3/t16-/m1/s1. The van der Waals surface area contributed by atoms with Gasteiger partial charge in [-0.3, -0.25) is 9.47 Å². The number of sulfonamides is 1. The van der Waals surface area contributed by atoms with Crippen LogP contribution in [0.2, 0.25) is 0 Å². The maximum Gasteiger partial charge on any atom is 0.320 e. The molecule has 0 saturated carbocycles. The number of piperazine rings is 1. The van der Waals surface area contributed by atoms with Crippen LogP contribution >= 0.6 is 0 Å². The van der Waals surface area contributed by atoms with Gasteiger partial charge in [-0.2, -0.15) is 13.1 Å². The van der Waals surface area contributed by atoms with E-state index in [-0.39, 0.29) is 11.8 Å². The molecule has 0 N–H and O–H groups in total. The van der Waals surface area contributed by atoms with Crippen molar-refractivity contribution < 1.29 is 17.2 Å². The topological polar surface area (TPSA) is 58.4 Å². The molecule has 0 amide bonds. The van der Waals surface area contributed by atoms with Crippen molar-refractivity contribution in [3.05, 3.63) is 66.0 Å². The number of imidazole rings is 1. The third-order valence-electron chi connectivity index (χ3n) is 5.60. The quantitative estimate of drug-likeness (QED) is 0.594. The molecule has 0 aliphatic carbocycles. The lowest BCUT2D eigenvalue weighted by Gasteiger charge is -2.37. The zero-order chi connectivity index (χ0) is 21.3. The van der Waals surface area contributed by atoms with Gasteiger partial charge in [0, 0.05) is 26.2 Å². The number of aromatic nitrogens is 2. The number of para-hydroxylation sites is 2. The molecule has 0 radical (unpaired) electrons. The molecule has 1 saturated heterocycles. The smallest absolute Gasteiger partial charge is 0.291 e. The second-order valence-electron chi connectivity index (χ2n) is 7.46. The highest BCUT2D eigenvalue weighted by atomic mass is 32.2. The van der Waals surface area contributed by atoms with Crippen LogP contribution in [0.1, 0.15) is 30.9 Å². The summed E-state index contributed by atoms with van der Waals surface area (Å²) < 4.78 is 55.5. The highest BCUT2D eigenvalue weighted by molar-refractivity contribution is 7.88. The molecule has 1 fully saturated rings. The summed E-state index contributed by atoms with van der Waals surface area (Å²) in [6.07, 6.45) is 0. The van der Waals surface area contributed by atoms with Gasteiger partial charge in [-0.05, 0) is 24.6 Å². The molecule has 0 spiro atoms. The van der Waals surface area contributed by atoms with Crippen molar-refractivity contribution in [1.29, 1.82) is 0 Å². The number of fused-ring (bicyclic) bond motifs is 1. The molecule has 2 aromatic carbocycles. The Labute approximate surface area is 174 Å². The lowest BCUT2D eigenvalue weighted by Crippen LogP contribution is -2.49. The minimum Gasteiger partial charge on any atom is -0.291 e. The largest absolute Gasteiger partial charge is 0.320 e. The van der Waals surface area contributed by atoms with E-state index in [9.17, 15) is 17.2 Å². The van der Waals surface area contributed by atoms with E-state index in [0.29, 0.717) is 43.0 Å². The summed E-state index contributed by atoms with van der Waals surface area (Å²) in [7, 11) is -3.43. The van der Waals surface area contributed by atoms with Crippen molar-refractivity contribution in [2.75, 3.05) is 26.2 Å². The molecular weight excluding hydrogens is 410 g/mol. The molecule has 9 heteroatoms. The number of nitrogens with zero attached hydrogens (tertiary/aromatic N) is 4. The fourth-order valence-electron chi connectivity index (χ4n) is 3.97. The van der Waals surface area contributed by atoms with E-state index in [1.807, 2.05) is 30.0 Å². The molecule has 3 aromatic rings. The van der Waals surface area contributed by atoms with Crippen molar-refractivity contribution in [1.82, 2.24) is 18.8 Å². The summed E-state index contributed by atoms with van der Waals surface area (Å²) in [6.45, 7) is 0.725. The molecule has 1 aliphatic rings. The minimum atomic E-state index is -3.43. The summed E-state index contributed by atoms with van der Waals surface area (Å²) in [6, 6.07) is 15.6. The first-order chi connectivity index (χ1) is 14.4. The summed E-state index contributed by atoms with van der Waals surface area (Å²) in [5.41, 5.74) is 1.68. The number of alkyl halides is 2. The Kier molecular flexibility index (Phi) is 5.86. The van der Waals surface area contributed by atoms with Crippen LogP contribution in [0, 0.1) is 0 Å². The third-order valence-corrected chi connectivity index (χ3v) is 7.45. The van der Waals surface area contributed by atoms with Crippen molar-refractivity contribution in [2.45, 2.75) is 25.3 Å². The van der Waals surface area contributed by atoms with Crippen molar-refractivity contribution in [3.8, 4) is 0 Å². The fourth-order valence-corrected chi connectivity index (χ4v) is 5.49. The number of halogens is 2. The van der Waals surface area contributed by atoms with Crippen molar-refractivity contribution >= 4 is 21.1 Å². The van der Waals surface area contributed by atoms with Gasteiger partial charge < -0.3 is 0 Å². The number of rotatable bonds is 6. The first-order valence-electron chi connectivity index (χ1n) is 9.87. The SMILES string of the molecule is C[C@H](c1nc2ccccc2n1C(F)F)N1CCN(S(=O)(=O)Cc2ccccc2)CC1. The summed E-state index contributed by atoms with van der Waals surface area (Å²) in [4.78, 5) is 6.45. The van der Waals surface area contributed by atoms with Crippen molar-refractivity contribution in [2.24, 2.45) is 0 Å². The molecule has 2 heterocycles.